The van der Waals surface area contributed by atoms with Crippen molar-refractivity contribution < 1.29 is 23.7 Å². The lowest BCUT2D eigenvalue weighted by molar-refractivity contribution is -0.139. The average molecular weight is 640 g/mol. The van der Waals surface area contributed by atoms with Gasteiger partial charge in [-0.1, -0.05) is 58.8 Å². The Hall–Kier alpha value is -4.05. The van der Waals surface area contributed by atoms with Crippen molar-refractivity contribution in [3.05, 3.63) is 118 Å². The van der Waals surface area contributed by atoms with Gasteiger partial charge in [0.1, 0.15) is 29.9 Å². The van der Waals surface area contributed by atoms with E-state index in [4.69, 9.17) is 42.1 Å². The van der Waals surface area contributed by atoms with Crippen molar-refractivity contribution in [2.45, 2.75) is 26.5 Å². The van der Waals surface area contributed by atoms with Gasteiger partial charge in [0.25, 0.3) is 5.56 Å². The molecule has 1 aliphatic rings. The molecule has 1 aliphatic heterocycles. The lowest BCUT2D eigenvalue weighted by Crippen LogP contribution is -2.40. The molecule has 0 spiro atoms. The Morgan fingerprint density at radius 3 is 2.56 bits per heavy atom. The number of hydrogen-bond acceptors (Lipinski definition) is 8. The number of para-hydroxylation sites is 1. The zero-order valence-electron chi connectivity index (χ0n) is 23.9. The first kappa shape index (κ1) is 30.4. The average Bonchev–Trinajstić information content (AvgIpc) is 3.30. The molecule has 43 heavy (non-hydrogen) atoms. The number of ether oxygens (including phenoxy) is 4. The van der Waals surface area contributed by atoms with Crippen LogP contribution in [-0.4, -0.2) is 31.4 Å². The van der Waals surface area contributed by atoms with Crippen LogP contribution in [0.15, 0.2) is 81.7 Å². The summed E-state index contributed by atoms with van der Waals surface area (Å²) in [4.78, 5) is 32.5. The quantitative estimate of drug-likeness (QED) is 0.219. The third-order valence-electron chi connectivity index (χ3n) is 6.85. The number of allylic oxidation sites excluding steroid dienone is 1. The first-order valence-electron chi connectivity index (χ1n) is 13.3. The summed E-state index contributed by atoms with van der Waals surface area (Å²) in [5, 5.41) is 1.04. The summed E-state index contributed by atoms with van der Waals surface area (Å²) < 4.78 is 24.6. The minimum Gasteiger partial charge on any atom is -0.497 e. The minimum absolute atomic E-state index is 0.167. The fraction of sp³-hybridized carbons (Fsp3) is 0.219. The van der Waals surface area contributed by atoms with Crippen molar-refractivity contribution in [1.82, 2.24) is 4.57 Å². The highest BCUT2D eigenvalue weighted by molar-refractivity contribution is 7.07. The monoisotopic (exact) mass is 638 g/mol. The molecular weight excluding hydrogens is 611 g/mol. The molecule has 0 N–H and O–H groups in total. The molecule has 3 aromatic carbocycles. The molecule has 0 bridgehead atoms. The van der Waals surface area contributed by atoms with E-state index in [1.54, 1.807) is 57.4 Å². The number of aromatic nitrogens is 1. The van der Waals surface area contributed by atoms with Gasteiger partial charge in [-0.3, -0.25) is 9.36 Å². The molecule has 222 valence electrons. The van der Waals surface area contributed by atoms with Crippen molar-refractivity contribution in [1.29, 1.82) is 0 Å². The van der Waals surface area contributed by atoms with Gasteiger partial charge in [-0.05, 0) is 56.3 Å². The van der Waals surface area contributed by atoms with E-state index in [-0.39, 0.29) is 24.3 Å². The van der Waals surface area contributed by atoms with Gasteiger partial charge in [-0.15, -0.1) is 0 Å². The van der Waals surface area contributed by atoms with Gasteiger partial charge in [0.2, 0.25) is 0 Å². The second-order valence-electron chi connectivity index (χ2n) is 9.47. The number of esters is 1. The SMILES string of the molecule is CCOC(=O)C1=C(C)N=c2s/c(=C/c3ccccc3OCc3ccc(Cl)cc3Cl)c(=O)n2[C@H]1c1cc(OC)ccc1OC. The Morgan fingerprint density at radius 2 is 1.84 bits per heavy atom. The summed E-state index contributed by atoms with van der Waals surface area (Å²) >= 11 is 13.6. The number of carbonyl (C=O) groups excluding carboxylic acids is 1. The molecule has 0 amide bonds. The maximum absolute atomic E-state index is 14.1. The number of fused-ring (bicyclic) bond motifs is 1. The van der Waals surface area contributed by atoms with Crippen molar-refractivity contribution in [3.8, 4) is 17.2 Å². The fourth-order valence-corrected chi connectivity index (χ4v) is 6.31. The fourth-order valence-electron chi connectivity index (χ4n) is 4.81. The number of benzene rings is 3. The van der Waals surface area contributed by atoms with E-state index in [1.807, 2.05) is 30.3 Å². The van der Waals surface area contributed by atoms with Gasteiger partial charge in [0.05, 0.1) is 36.6 Å². The van der Waals surface area contributed by atoms with Gasteiger partial charge in [0, 0.05) is 26.7 Å². The van der Waals surface area contributed by atoms with Crippen LogP contribution in [0.3, 0.4) is 0 Å². The summed E-state index contributed by atoms with van der Waals surface area (Å²) in [7, 11) is 3.08. The van der Waals surface area contributed by atoms with E-state index in [0.29, 0.717) is 53.5 Å². The lowest BCUT2D eigenvalue weighted by Gasteiger charge is -2.26. The molecule has 0 unspecified atom stereocenters. The molecule has 2 heterocycles. The number of thiazole rings is 1. The highest BCUT2D eigenvalue weighted by atomic mass is 35.5. The number of carbonyl (C=O) groups is 1. The Kier molecular flexibility index (Phi) is 9.25. The van der Waals surface area contributed by atoms with Crippen LogP contribution >= 0.6 is 34.5 Å². The van der Waals surface area contributed by atoms with Crippen LogP contribution in [0.2, 0.25) is 10.0 Å². The number of hydrogen-bond donors (Lipinski definition) is 0. The van der Waals surface area contributed by atoms with Gasteiger partial charge < -0.3 is 18.9 Å². The third-order valence-corrected chi connectivity index (χ3v) is 8.42. The number of methoxy groups -OCH3 is 2. The number of rotatable bonds is 9. The van der Waals surface area contributed by atoms with E-state index in [0.717, 1.165) is 5.56 Å². The standard InChI is InChI=1S/C32H28Cl2N2O6S/c1-5-41-31(38)28-18(2)35-32-36(29(28)23-16-22(39-3)12-13-26(23)40-4)30(37)27(43-32)14-19-8-6-7-9-25(19)42-17-20-10-11-21(33)15-24(20)34/h6-16,29H,5,17H2,1-4H3/b27-14+/t29-/m0/s1. The highest BCUT2D eigenvalue weighted by Gasteiger charge is 2.35. The second kappa shape index (κ2) is 13.1. The van der Waals surface area contributed by atoms with E-state index in [1.165, 1.54) is 23.0 Å². The van der Waals surface area contributed by atoms with Crippen LogP contribution in [0.5, 0.6) is 17.2 Å². The molecule has 4 aromatic rings. The topological polar surface area (TPSA) is 88.4 Å². The van der Waals surface area contributed by atoms with Crippen molar-refractivity contribution in [2.24, 2.45) is 4.99 Å². The summed E-state index contributed by atoms with van der Waals surface area (Å²) in [6, 6.07) is 17.0. The van der Waals surface area contributed by atoms with Crippen molar-refractivity contribution in [3.63, 3.8) is 0 Å². The normalized spacial score (nSPS) is 14.7. The van der Waals surface area contributed by atoms with Crippen molar-refractivity contribution in [2.75, 3.05) is 20.8 Å². The number of nitrogens with zero attached hydrogens (tertiary/aromatic N) is 2. The lowest BCUT2D eigenvalue weighted by atomic mass is 9.94. The zero-order chi connectivity index (χ0) is 30.7. The summed E-state index contributed by atoms with van der Waals surface area (Å²) in [5.41, 5.74) is 2.39. The summed E-state index contributed by atoms with van der Waals surface area (Å²) in [5.74, 6) is 1.03. The molecule has 0 radical (unpaired) electrons. The van der Waals surface area contributed by atoms with Gasteiger partial charge in [0.15, 0.2) is 4.80 Å². The van der Waals surface area contributed by atoms with Crippen LogP contribution in [0.25, 0.3) is 6.08 Å². The minimum atomic E-state index is -0.860. The number of halogens is 2. The molecule has 0 aliphatic carbocycles. The van der Waals surface area contributed by atoms with E-state index in [9.17, 15) is 9.59 Å². The predicted molar refractivity (Wildman–Crippen MR) is 167 cm³/mol. The molecule has 1 atom stereocenters. The molecule has 11 heteroatoms. The Bertz CT molecular complexity index is 1910. The maximum atomic E-state index is 14.1. The molecule has 5 rings (SSSR count). The summed E-state index contributed by atoms with van der Waals surface area (Å²) in [6.45, 7) is 3.83. The predicted octanol–water partition coefficient (Wildman–Crippen LogP) is 5.70. The van der Waals surface area contributed by atoms with Gasteiger partial charge in [-0.25, -0.2) is 9.79 Å². The largest absolute Gasteiger partial charge is 0.497 e. The second-order valence-corrected chi connectivity index (χ2v) is 11.3. The molecule has 1 aromatic heterocycles. The third kappa shape index (κ3) is 6.20. The Balaban J connectivity index is 1.64. The van der Waals surface area contributed by atoms with E-state index in [2.05, 4.69) is 4.99 Å². The Morgan fingerprint density at radius 1 is 1.05 bits per heavy atom. The Labute approximate surface area is 262 Å². The van der Waals surface area contributed by atoms with Crippen LogP contribution in [0.4, 0.5) is 0 Å². The van der Waals surface area contributed by atoms with E-state index >= 15 is 0 Å². The molecular formula is C32H28Cl2N2O6S. The van der Waals surface area contributed by atoms with Crippen LogP contribution in [-0.2, 0) is 16.1 Å². The maximum Gasteiger partial charge on any atom is 0.338 e. The van der Waals surface area contributed by atoms with Crippen LogP contribution in [0, 0.1) is 0 Å². The molecule has 0 saturated carbocycles. The van der Waals surface area contributed by atoms with Gasteiger partial charge in [-0.2, -0.15) is 0 Å². The molecule has 0 fully saturated rings. The van der Waals surface area contributed by atoms with Gasteiger partial charge >= 0.3 is 5.97 Å². The zero-order valence-corrected chi connectivity index (χ0v) is 26.2. The smallest absolute Gasteiger partial charge is 0.338 e. The van der Waals surface area contributed by atoms with Crippen molar-refractivity contribution >= 4 is 46.6 Å². The first-order chi connectivity index (χ1) is 20.7. The summed E-state index contributed by atoms with van der Waals surface area (Å²) in [6.07, 6.45) is 1.76. The molecule has 0 saturated heterocycles. The van der Waals surface area contributed by atoms with Crippen LogP contribution < -0.4 is 29.1 Å². The van der Waals surface area contributed by atoms with E-state index < -0.39 is 12.0 Å². The van der Waals surface area contributed by atoms with Crippen LogP contribution in [0.1, 0.15) is 36.6 Å². The highest BCUT2D eigenvalue weighted by Crippen LogP contribution is 2.38. The first-order valence-corrected chi connectivity index (χ1v) is 14.9. The molecule has 8 nitrogen and oxygen atoms in total.